The van der Waals surface area contributed by atoms with E-state index in [4.69, 9.17) is 9.84 Å². The Hall–Kier alpha value is -3.94. The second kappa shape index (κ2) is 7.97. The maximum absolute atomic E-state index is 11.9. The van der Waals surface area contributed by atoms with Crippen molar-refractivity contribution in [2.45, 2.75) is 12.3 Å². The molecule has 2 aromatic rings. The predicted octanol–water partition coefficient (Wildman–Crippen LogP) is 3.07. The average molecular weight is 380 g/mol. The van der Waals surface area contributed by atoms with Crippen LogP contribution in [-0.2, 0) is 14.3 Å². The van der Waals surface area contributed by atoms with Crippen LogP contribution in [-0.4, -0.2) is 23.7 Å². The van der Waals surface area contributed by atoms with Gasteiger partial charge in [-0.3, -0.25) is 4.79 Å². The van der Waals surface area contributed by atoms with Gasteiger partial charge < -0.3 is 9.84 Å². The second-order valence-electron chi connectivity index (χ2n) is 6.88. The molecule has 1 fully saturated rings. The van der Waals surface area contributed by atoms with E-state index >= 15 is 0 Å². The van der Waals surface area contributed by atoms with E-state index in [1.54, 1.807) is 0 Å². The number of carbonyl (C=O) groups excluding carboxylic acids is 1. The van der Waals surface area contributed by atoms with E-state index in [2.05, 4.69) is 59.8 Å². The lowest BCUT2D eigenvalue weighted by Gasteiger charge is -2.12. The summed E-state index contributed by atoms with van der Waals surface area (Å²) in [6.45, 7) is 0.215. The molecule has 0 bridgehead atoms. The first-order chi connectivity index (χ1) is 14.1. The van der Waals surface area contributed by atoms with Crippen molar-refractivity contribution in [3.63, 3.8) is 0 Å². The van der Waals surface area contributed by atoms with Crippen molar-refractivity contribution in [3.8, 4) is 46.6 Å². The van der Waals surface area contributed by atoms with E-state index in [1.165, 1.54) is 11.1 Å². The van der Waals surface area contributed by atoms with Gasteiger partial charge in [-0.15, -0.1) is 0 Å². The van der Waals surface area contributed by atoms with Crippen LogP contribution in [0.25, 0.3) is 11.1 Å². The molecule has 4 rings (SSSR count). The van der Waals surface area contributed by atoms with Crippen LogP contribution in [0.4, 0.5) is 0 Å². The molecule has 4 heteroatoms. The van der Waals surface area contributed by atoms with Crippen LogP contribution in [0.5, 0.6) is 0 Å². The van der Waals surface area contributed by atoms with Gasteiger partial charge >= 0.3 is 11.9 Å². The summed E-state index contributed by atoms with van der Waals surface area (Å²) in [6, 6.07) is 16.2. The molecule has 2 aliphatic carbocycles. The number of ether oxygens (including phenoxy) is 1. The Morgan fingerprint density at radius 1 is 0.931 bits per heavy atom. The van der Waals surface area contributed by atoms with Gasteiger partial charge in [0.25, 0.3) is 0 Å². The zero-order valence-corrected chi connectivity index (χ0v) is 15.4. The molecule has 0 amide bonds. The first kappa shape index (κ1) is 18.4. The molecule has 1 N–H and O–H groups in total. The fourth-order valence-corrected chi connectivity index (χ4v) is 3.54. The summed E-state index contributed by atoms with van der Waals surface area (Å²) in [7, 11) is 0. The van der Waals surface area contributed by atoms with E-state index < -0.39 is 11.9 Å². The van der Waals surface area contributed by atoms with Gasteiger partial charge in [0.15, 0.2) is 0 Å². The monoisotopic (exact) mass is 380 g/mol. The van der Waals surface area contributed by atoms with E-state index in [0.29, 0.717) is 6.42 Å². The highest BCUT2D eigenvalue weighted by Gasteiger charge is 2.42. The highest BCUT2D eigenvalue weighted by molar-refractivity contribution is 5.89. The van der Waals surface area contributed by atoms with E-state index in [0.717, 1.165) is 11.1 Å². The lowest BCUT2D eigenvalue weighted by Crippen LogP contribution is -2.11. The highest BCUT2D eigenvalue weighted by atomic mass is 16.5. The molecule has 2 aliphatic rings. The van der Waals surface area contributed by atoms with Gasteiger partial charge in [0, 0.05) is 17.8 Å². The van der Waals surface area contributed by atoms with Crippen molar-refractivity contribution in [3.05, 3.63) is 59.7 Å². The molecule has 0 heterocycles. The summed E-state index contributed by atoms with van der Waals surface area (Å²) in [5, 5.41) is 8.79. The Bertz CT molecular complexity index is 1130. The number of esters is 1. The number of hydrogen-bond donors (Lipinski definition) is 1. The topological polar surface area (TPSA) is 63.6 Å². The van der Waals surface area contributed by atoms with Gasteiger partial charge in [0.1, 0.15) is 6.61 Å². The van der Waals surface area contributed by atoms with Crippen LogP contribution in [0.2, 0.25) is 0 Å². The number of benzene rings is 2. The Kier molecular flexibility index (Phi) is 5.07. The van der Waals surface area contributed by atoms with Crippen LogP contribution in [0.3, 0.4) is 0 Å². The van der Waals surface area contributed by atoms with E-state index in [9.17, 15) is 9.59 Å². The lowest BCUT2D eigenvalue weighted by molar-refractivity contribution is -0.139. The van der Waals surface area contributed by atoms with Gasteiger partial charge in [0.2, 0.25) is 0 Å². The normalized spacial score (nSPS) is 17.8. The molecular formula is C25H16O4. The van der Waals surface area contributed by atoms with Crippen LogP contribution in [0.1, 0.15) is 23.5 Å². The van der Waals surface area contributed by atoms with Crippen molar-refractivity contribution in [1.82, 2.24) is 0 Å². The van der Waals surface area contributed by atoms with Gasteiger partial charge in [-0.05, 0) is 52.4 Å². The second-order valence-corrected chi connectivity index (χ2v) is 6.88. The van der Waals surface area contributed by atoms with Gasteiger partial charge in [-0.25, -0.2) is 4.79 Å². The molecule has 0 radical (unpaired) electrons. The summed E-state index contributed by atoms with van der Waals surface area (Å²) in [6.07, 6.45) is 0.565. The number of aliphatic carboxylic acids is 1. The minimum atomic E-state index is -0.827. The third-order valence-corrected chi connectivity index (χ3v) is 5.06. The number of hydrogen-bond acceptors (Lipinski definition) is 3. The Balaban J connectivity index is 1.35. The van der Waals surface area contributed by atoms with E-state index in [-0.39, 0.29) is 24.4 Å². The van der Waals surface area contributed by atoms with Crippen molar-refractivity contribution >= 4 is 11.9 Å². The summed E-state index contributed by atoms with van der Waals surface area (Å²) in [5.41, 5.74) is 4.62. The average Bonchev–Trinajstić information content (AvgIpc) is 3.45. The summed E-state index contributed by atoms with van der Waals surface area (Å²) in [4.78, 5) is 22.6. The first-order valence-electron chi connectivity index (χ1n) is 9.24. The maximum Gasteiger partial charge on any atom is 0.385 e. The minimum absolute atomic E-state index is 0.00850. The van der Waals surface area contributed by atoms with Crippen LogP contribution in [0, 0.1) is 47.4 Å². The van der Waals surface area contributed by atoms with Gasteiger partial charge in [-0.2, -0.15) is 0 Å². The van der Waals surface area contributed by atoms with Crippen molar-refractivity contribution in [1.29, 1.82) is 0 Å². The van der Waals surface area contributed by atoms with Gasteiger partial charge in [-0.1, -0.05) is 54.5 Å². The summed E-state index contributed by atoms with van der Waals surface area (Å²) >= 11 is 0. The third kappa shape index (κ3) is 4.01. The number of carboxylic acid groups (broad SMARTS) is 1. The van der Waals surface area contributed by atoms with Crippen molar-refractivity contribution in [2.24, 2.45) is 11.8 Å². The number of carbonyl (C=O) groups is 2. The smallest absolute Gasteiger partial charge is 0.385 e. The highest BCUT2D eigenvalue weighted by Crippen LogP contribution is 2.44. The van der Waals surface area contributed by atoms with Crippen LogP contribution in [0.15, 0.2) is 48.5 Å². The largest absolute Gasteiger partial charge is 0.481 e. The van der Waals surface area contributed by atoms with Crippen LogP contribution < -0.4 is 0 Å². The fraction of sp³-hybridized carbons (Fsp3) is 0.200. The molecule has 1 saturated carbocycles. The molecule has 29 heavy (non-hydrogen) atoms. The molecular weight excluding hydrogens is 364 g/mol. The summed E-state index contributed by atoms with van der Waals surface area (Å²) in [5.74, 6) is 13.1. The Morgan fingerprint density at radius 2 is 1.55 bits per heavy atom. The van der Waals surface area contributed by atoms with Crippen molar-refractivity contribution < 1.29 is 19.4 Å². The molecule has 1 unspecified atom stereocenters. The molecule has 0 aliphatic heterocycles. The van der Waals surface area contributed by atoms with E-state index in [1.807, 2.05) is 24.3 Å². The Morgan fingerprint density at radius 3 is 2.17 bits per heavy atom. The molecule has 0 spiro atoms. The minimum Gasteiger partial charge on any atom is -0.481 e. The SMILES string of the molecule is O=C(C#CC#CC#CC1C[C@@H]1C(=O)O)OCC1c2ccccc2-c2ccccc21. The quantitative estimate of drug-likeness (QED) is 0.505. The molecule has 4 nitrogen and oxygen atoms in total. The molecule has 2 aromatic carbocycles. The molecule has 0 aromatic heterocycles. The summed E-state index contributed by atoms with van der Waals surface area (Å²) < 4.78 is 5.35. The predicted molar refractivity (Wildman–Crippen MR) is 107 cm³/mol. The molecule has 2 atom stereocenters. The third-order valence-electron chi connectivity index (χ3n) is 5.06. The fourth-order valence-electron chi connectivity index (χ4n) is 3.54. The first-order valence-corrected chi connectivity index (χ1v) is 9.24. The van der Waals surface area contributed by atoms with Crippen molar-refractivity contribution in [2.75, 3.05) is 6.61 Å². The Labute approximate surface area is 168 Å². The number of carboxylic acids is 1. The lowest BCUT2D eigenvalue weighted by atomic mass is 9.98. The number of fused-ring (bicyclic) bond motifs is 3. The zero-order valence-electron chi connectivity index (χ0n) is 15.4. The number of rotatable bonds is 3. The van der Waals surface area contributed by atoms with Gasteiger partial charge in [0.05, 0.1) is 5.92 Å². The zero-order chi connectivity index (χ0) is 20.2. The standard InChI is InChI=1S/C25H16O4/c26-24(14-4-2-1-3-9-17-15-22(17)25(27)28)29-16-23-20-12-7-5-10-18(20)19-11-6-8-13-21(19)23/h5-8,10-13,17,22-23H,15-16H2,(H,27,28)/t17?,22-/m0/s1. The maximum atomic E-state index is 11.9. The van der Waals surface area contributed by atoms with Crippen LogP contribution >= 0.6 is 0 Å². The molecule has 0 saturated heterocycles. The molecule has 140 valence electrons.